The monoisotopic (exact) mass is 167 g/mol. The summed E-state index contributed by atoms with van der Waals surface area (Å²) >= 11 is 0. The van der Waals surface area contributed by atoms with Crippen molar-refractivity contribution in [2.45, 2.75) is 13.5 Å². The highest BCUT2D eigenvalue weighted by Crippen LogP contribution is 1.86. The summed E-state index contributed by atoms with van der Waals surface area (Å²) in [4.78, 5) is 21.9. The third-order valence-corrected chi connectivity index (χ3v) is 1.48. The third kappa shape index (κ3) is 1.34. The molecule has 5 nitrogen and oxygen atoms in total. The van der Waals surface area contributed by atoms with Crippen LogP contribution in [0.2, 0.25) is 0 Å². The maximum atomic E-state index is 11.2. The number of carbonyl (C=O) groups excluding carboxylic acids is 1. The maximum Gasteiger partial charge on any atom is 0.279 e. The largest absolute Gasteiger partial charge is 0.365 e. The zero-order chi connectivity index (χ0) is 9.14. The number of hydrogen-bond acceptors (Lipinski definition) is 3. The zero-order valence-corrected chi connectivity index (χ0v) is 6.65. The van der Waals surface area contributed by atoms with Gasteiger partial charge in [0.25, 0.3) is 11.5 Å². The minimum absolute atomic E-state index is 0.0214. The summed E-state index contributed by atoms with van der Waals surface area (Å²) < 4.78 is 1.18. The van der Waals surface area contributed by atoms with E-state index in [4.69, 9.17) is 5.73 Å². The molecule has 2 N–H and O–H groups in total. The van der Waals surface area contributed by atoms with Crippen LogP contribution in [-0.2, 0) is 6.54 Å². The Morgan fingerprint density at radius 2 is 2.42 bits per heavy atom. The molecule has 0 bridgehead atoms. The van der Waals surface area contributed by atoms with Gasteiger partial charge in [0, 0.05) is 12.7 Å². The molecule has 0 radical (unpaired) electrons. The first-order valence-corrected chi connectivity index (χ1v) is 3.52. The second-order valence-electron chi connectivity index (χ2n) is 2.23. The minimum Gasteiger partial charge on any atom is -0.365 e. The molecule has 0 aromatic carbocycles. The molecule has 0 aliphatic heterocycles. The summed E-state index contributed by atoms with van der Waals surface area (Å²) in [6.45, 7) is 2.19. The fraction of sp³-hybridized carbons (Fsp3) is 0.286. The number of nitrogens with two attached hydrogens (primary N) is 1. The highest BCUT2D eigenvalue weighted by molar-refractivity contribution is 5.92. The Balaban J connectivity index is 3.33. The lowest BCUT2D eigenvalue weighted by Gasteiger charge is -1.99. The first-order chi connectivity index (χ1) is 5.66. The van der Waals surface area contributed by atoms with Gasteiger partial charge in [0.15, 0.2) is 0 Å². The van der Waals surface area contributed by atoms with Gasteiger partial charge in [0.1, 0.15) is 5.56 Å². The van der Waals surface area contributed by atoms with Gasteiger partial charge in [0.05, 0.1) is 0 Å². The van der Waals surface area contributed by atoms with E-state index in [0.717, 1.165) is 0 Å². The Hall–Kier alpha value is -1.65. The molecule has 64 valence electrons. The number of aromatic nitrogens is 2. The predicted octanol–water partition coefficient (Wildman–Crippen LogP) is -0.638. The van der Waals surface area contributed by atoms with Crippen LogP contribution in [0.4, 0.5) is 0 Å². The second kappa shape index (κ2) is 3.17. The summed E-state index contributed by atoms with van der Waals surface area (Å²) in [5.41, 5.74) is 4.50. The van der Waals surface area contributed by atoms with Crippen LogP contribution < -0.4 is 11.3 Å². The molecule has 1 aromatic heterocycles. The molecule has 12 heavy (non-hydrogen) atoms. The highest BCUT2D eigenvalue weighted by atomic mass is 16.2. The predicted molar refractivity (Wildman–Crippen MR) is 42.7 cm³/mol. The highest BCUT2D eigenvalue weighted by Gasteiger charge is 2.07. The van der Waals surface area contributed by atoms with E-state index in [0.29, 0.717) is 6.54 Å². The Morgan fingerprint density at radius 1 is 1.75 bits per heavy atom. The van der Waals surface area contributed by atoms with Crippen molar-refractivity contribution < 1.29 is 4.79 Å². The van der Waals surface area contributed by atoms with Crippen molar-refractivity contribution in [1.82, 2.24) is 9.78 Å². The molecular formula is C7H9N3O2. The van der Waals surface area contributed by atoms with Crippen molar-refractivity contribution in [3.8, 4) is 0 Å². The van der Waals surface area contributed by atoms with Crippen LogP contribution in [0.5, 0.6) is 0 Å². The molecule has 0 aliphatic carbocycles. The van der Waals surface area contributed by atoms with E-state index in [1.807, 2.05) is 0 Å². The first-order valence-electron chi connectivity index (χ1n) is 3.52. The zero-order valence-electron chi connectivity index (χ0n) is 6.65. The molecular weight excluding hydrogens is 158 g/mol. The summed E-state index contributed by atoms with van der Waals surface area (Å²) in [5.74, 6) is -0.718. The van der Waals surface area contributed by atoms with Gasteiger partial charge < -0.3 is 5.73 Å². The van der Waals surface area contributed by atoms with Crippen molar-refractivity contribution in [1.29, 1.82) is 0 Å². The van der Waals surface area contributed by atoms with Gasteiger partial charge >= 0.3 is 0 Å². The number of aryl methyl sites for hydroxylation is 1. The number of rotatable bonds is 2. The molecule has 1 rings (SSSR count). The molecule has 0 fully saturated rings. The molecule has 0 atom stereocenters. The van der Waals surface area contributed by atoms with Crippen molar-refractivity contribution >= 4 is 5.91 Å². The van der Waals surface area contributed by atoms with Gasteiger partial charge in [-0.2, -0.15) is 5.10 Å². The number of amides is 1. The third-order valence-electron chi connectivity index (χ3n) is 1.48. The van der Waals surface area contributed by atoms with Crippen molar-refractivity contribution in [2.75, 3.05) is 0 Å². The van der Waals surface area contributed by atoms with Gasteiger partial charge in [-0.15, -0.1) is 0 Å². The van der Waals surface area contributed by atoms with Gasteiger partial charge in [-0.05, 0) is 13.0 Å². The lowest BCUT2D eigenvalue weighted by atomic mass is 10.3. The van der Waals surface area contributed by atoms with Crippen LogP contribution in [-0.4, -0.2) is 15.7 Å². The molecule has 0 saturated heterocycles. The number of hydrogen-bond donors (Lipinski definition) is 1. The number of nitrogens with zero attached hydrogens (tertiary/aromatic N) is 2. The van der Waals surface area contributed by atoms with Crippen molar-refractivity contribution in [3.05, 3.63) is 28.2 Å². The summed E-state index contributed by atoms with van der Waals surface area (Å²) in [7, 11) is 0. The average Bonchev–Trinajstić information content (AvgIpc) is 2.04. The summed E-state index contributed by atoms with van der Waals surface area (Å²) in [5, 5.41) is 3.74. The fourth-order valence-electron chi connectivity index (χ4n) is 0.864. The SMILES string of the molecule is CCn1nccc(C(N)=O)c1=O. The number of primary amides is 1. The van der Waals surface area contributed by atoms with Crippen LogP contribution in [0.15, 0.2) is 17.1 Å². The lowest BCUT2D eigenvalue weighted by molar-refractivity contribution is 0.0998. The molecule has 1 amide bonds. The van der Waals surface area contributed by atoms with Gasteiger partial charge in [-0.25, -0.2) is 4.68 Å². The van der Waals surface area contributed by atoms with E-state index in [9.17, 15) is 9.59 Å². The Labute approximate surface area is 68.8 Å². The van der Waals surface area contributed by atoms with E-state index in [1.54, 1.807) is 6.92 Å². The van der Waals surface area contributed by atoms with E-state index in [1.165, 1.54) is 16.9 Å². The summed E-state index contributed by atoms with van der Waals surface area (Å²) in [6, 6.07) is 1.32. The maximum absolute atomic E-state index is 11.2. The van der Waals surface area contributed by atoms with Crippen LogP contribution in [0, 0.1) is 0 Å². The van der Waals surface area contributed by atoms with Crippen LogP contribution in [0.1, 0.15) is 17.3 Å². The molecule has 0 spiro atoms. The smallest absolute Gasteiger partial charge is 0.279 e. The molecule has 0 saturated carbocycles. The van der Waals surface area contributed by atoms with Crippen molar-refractivity contribution in [3.63, 3.8) is 0 Å². The minimum atomic E-state index is -0.718. The molecule has 0 unspecified atom stereocenters. The van der Waals surface area contributed by atoms with E-state index < -0.39 is 11.5 Å². The van der Waals surface area contributed by atoms with Gasteiger partial charge in [0.2, 0.25) is 0 Å². The number of carbonyl (C=O) groups is 1. The summed E-state index contributed by atoms with van der Waals surface area (Å²) in [6.07, 6.45) is 1.38. The molecule has 1 heterocycles. The van der Waals surface area contributed by atoms with Crippen LogP contribution >= 0.6 is 0 Å². The van der Waals surface area contributed by atoms with E-state index in [2.05, 4.69) is 5.10 Å². The Kier molecular flexibility index (Phi) is 2.23. The second-order valence-corrected chi connectivity index (χ2v) is 2.23. The van der Waals surface area contributed by atoms with Crippen LogP contribution in [0.25, 0.3) is 0 Å². The van der Waals surface area contributed by atoms with Crippen molar-refractivity contribution in [2.24, 2.45) is 5.73 Å². The van der Waals surface area contributed by atoms with Gasteiger partial charge in [-0.1, -0.05) is 0 Å². The lowest BCUT2D eigenvalue weighted by Crippen LogP contribution is -2.30. The standard InChI is InChI=1S/C7H9N3O2/c1-2-10-7(12)5(6(8)11)3-4-9-10/h3-4H,2H2,1H3,(H2,8,11). The fourth-order valence-corrected chi connectivity index (χ4v) is 0.864. The van der Waals surface area contributed by atoms with Crippen LogP contribution in [0.3, 0.4) is 0 Å². The Morgan fingerprint density at radius 3 is 2.92 bits per heavy atom. The topological polar surface area (TPSA) is 78.0 Å². The van der Waals surface area contributed by atoms with Gasteiger partial charge in [-0.3, -0.25) is 9.59 Å². The molecule has 1 aromatic rings. The van der Waals surface area contributed by atoms with E-state index >= 15 is 0 Å². The molecule has 5 heteroatoms. The molecule has 0 aliphatic rings. The average molecular weight is 167 g/mol. The normalized spacial score (nSPS) is 9.75. The van der Waals surface area contributed by atoms with E-state index in [-0.39, 0.29) is 5.56 Å². The quantitative estimate of drug-likeness (QED) is 0.636. The first kappa shape index (κ1) is 8.45. The Bertz CT molecular complexity index is 356.